The van der Waals surface area contributed by atoms with Crippen molar-refractivity contribution in [3.63, 3.8) is 0 Å². The quantitative estimate of drug-likeness (QED) is 0.789. The number of benzene rings is 1. The van der Waals surface area contributed by atoms with Crippen LogP contribution in [0.25, 0.3) is 11.3 Å². The highest BCUT2D eigenvalue weighted by molar-refractivity contribution is 5.62. The van der Waals surface area contributed by atoms with Crippen molar-refractivity contribution in [2.45, 2.75) is 6.42 Å². The first-order chi connectivity index (χ1) is 9.84. The van der Waals surface area contributed by atoms with Gasteiger partial charge in [0.2, 0.25) is 0 Å². The van der Waals surface area contributed by atoms with Crippen LogP contribution in [0, 0.1) is 0 Å². The Kier molecular flexibility index (Phi) is 3.37. The molecule has 20 heavy (non-hydrogen) atoms. The molecule has 2 heterocycles. The Morgan fingerprint density at radius 2 is 1.90 bits per heavy atom. The van der Waals surface area contributed by atoms with E-state index in [1.54, 1.807) is 24.8 Å². The summed E-state index contributed by atoms with van der Waals surface area (Å²) in [6.07, 6.45) is 7.13. The van der Waals surface area contributed by atoms with E-state index in [0.717, 1.165) is 11.1 Å². The van der Waals surface area contributed by atoms with E-state index < -0.39 is 0 Å². The molecular weight excluding hydrogens is 250 g/mol. The van der Waals surface area contributed by atoms with Crippen molar-refractivity contribution in [1.82, 2.24) is 15.0 Å². The van der Waals surface area contributed by atoms with Gasteiger partial charge in [-0.05, 0) is 11.6 Å². The molecular formula is C16H13N3O. The van der Waals surface area contributed by atoms with Crippen molar-refractivity contribution in [2.24, 2.45) is 0 Å². The number of nitrogens with one attached hydrogen (secondary N) is 1. The molecule has 4 nitrogen and oxygen atoms in total. The molecule has 3 rings (SSSR count). The van der Waals surface area contributed by atoms with Crippen molar-refractivity contribution >= 4 is 0 Å². The first-order valence-electron chi connectivity index (χ1n) is 6.35. The topological polar surface area (TPSA) is 58.6 Å². The van der Waals surface area contributed by atoms with Crippen molar-refractivity contribution < 1.29 is 0 Å². The zero-order valence-corrected chi connectivity index (χ0v) is 10.8. The largest absolute Gasteiger partial charge is 0.329 e. The number of hydrogen-bond donors (Lipinski definition) is 1. The molecule has 1 aromatic carbocycles. The minimum Gasteiger partial charge on any atom is -0.329 e. The second-order valence-corrected chi connectivity index (χ2v) is 4.45. The molecule has 0 bridgehead atoms. The van der Waals surface area contributed by atoms with Gasteiger partial charge in [-0.25, -0.2) is 0 Å². The predicted molar refractivity (Wildman–Crippen MR) is 77.3 cm³/mol. The van der Waals surface area contributed by atoms with Gasteiger partial charge >= 0.3 is 0 Å². The molecule has 0 spiro atoms. The Bertz CT molecular complexity index is 751. The third-order valence-electron chi connectivity index (χ3n) is 3.13. The van der Waals surface area contributed by atoms with E-state index in [9.17, 15) is 4.79 Å². The third kappa shape index (κ3) is 2.49. The lowest BCUT2D eigenvalue weighted by molar-refractivity contribution is 1.08. The van der Waals surface area contributed by atoms with Crippen LogP contribution in [0.2, 0.25) is 0 Å². The fourth-order valence-electron chi connectivity index (χ4n) is 2.16. The molecule has 3 aromatic rings. The van der Waals surface area contributed by atoms with Crippen LogP contribution in [0.4, 0.5) is 0 Å². The molecule has 0 aliphatic rings. The van der Waals surface area contributed by atoms with Gasteiger partial charge in [-0.15, -0.1) is 0 Å². The van der Waals surface area contributed by atoms with E-state index in [0.29, 0.717) is 17.7 Å². The summed E-state index contributed by atoms with van der Waals surface area (Å²) in [5, 5.41) is 0. The number of aromatic nitrogens is 3. The molecule has 0 saturated carbocycles. The van der Waals surface area contributed by atoms with E-state index in [4.69, 9.17) is 0 Å². The van der Waals surface area contributed by atoms with Gasteiger partial charge in [-0.3, -0.25) is 14.8 Å². The summed E-state index contributed by atoms with van der Waals surface area (Å²) in [5.74, 6) is 0. The summed E-state index contributed by atoms with van der Waals surface area (Å²) in [6, 6.07) is 11.8. The van der Waals surface area contributed by atoms with Crippen LogP contribution < -0.4 is 5.56 Å². The minimum absolute atomic E-state index is 0.0861. The van der Waals surface area contributed by atoms with Crippen LogP contribution in [0.15, 0.2) is 66.0 Å². The molecule has 2 aromatic heterocycles. The second-order valence-electron chi connectivity index (χ2n) is 4.45. The van der Waals surface area contributed by atoms with Crippen molar-refractivity contribution in [3.05, 3.63) is 82.7 Å². The monoisotopic (exact) mass is 263 g/mol. The number of H-pyrrole nitrogens is 1. The smallest absolute Gasteiger partial charge is 0.252 e. The van der Waals surface area contributed by atoms with Crippen molar-refractivity contribution in [2.75, 3.05) is 0 Å². The maximum Gasteiger partial charge on any atom is 0.252 e. The maximum atomic E-state index is 12.1. The van der Waals surface area contributed by atoms with Crippen LogP contribution >= 0.6 is 0 Å². The average Bonchev–Trinajstić information content (AvgIpc) is 2.51. The fraction of sp³-hybridized carbons (Fsp3) is 0.0625. The van der Waals surface area contributed by atoms with Gasteiger partial charge in [-0.2, -0.15) is 0 Å². The molecule has 98 valence electrons. The van der Waals surface area contributed by atoms with Gasteiger partial charge < -0.3 is 4.98 Å². The first kappa shape index (κ1) is 12.3. The van der Waals surface area contributed by atoms with Crippen LogP contribution in [0.3, 0.4) is 0 Å². The van der Waals surface area contributed by atoms with Gasteiger partial charge in [-0.1, -0.05) is 30.3 Å². The zero-order chi connectivity index (χ0) is 13.8. The van der Waals surface area contributed by atoms with E-state index in [2.05, 4.69) is 15.0 Å². The summed E-state index contributed by atoms with van der Waals surface area (Å²) < 4.78 is 0. The van der Waals surface area contributed by atoms with Gasteiger partial charge in [0.25, 0.3) is 5.56 Å². The van der Waals surface area contributed by atoms with E-state index >= 15 is 0 Å². The zero-order valence-electron chi connectivity index (χ0n) is 10.8. The molecule has 0 atom stereocenters. The number of aromatic amines is 1. The normalized spacial score (nSPS) is 10.4. The molecule has 4 heteroatoms. The average molecular weight is 263 g/mol. The van der Waals surface area contributed by atoms with Crippen LogP contribution in [-0.4, -0.2) is 15.0 Å². The lowest BCUT2D eigenvalue weighted by atomic mass is 10.00. The van der Waals surface area contributed by atoms with E-state index in [-0.39, 0.29) is 5.56 Å². The lowest BCUT2D eigenvalue weighted by Gasteiger charge is -2.07. The van der Waals surface area contributed by atoms with Crippen LogP contribution in [-0.2, 0) is 6.42 Å². The first-order valence-corrected chi connectivity index (χ1v) is 6.35. The highest BCUT2D eigenvalue weighted by atomic mass is 16.1. The Labute approximate surface area is 116 Å². The number of nitrogens with zero attached hydrogens (tertiary/aromatic N) is 2. The second kappa shape index (κ2) is 5.48. The molecule has 0 aliphatic heterocycles. The fourth-order valence-corrected chi connectivity index (χ4v) is 2.16. The highest BCUT2D eigenvalue weighted by Gasteiger charge is 2.10. The molecule has 0 unspecified atom stereocenters. The number of pyridine rings is 1. The van der Waals surface area contributed by atoms with Gasteiger partial charge in [0.1, 0.15) is 0 Å². The summed E-state index contributed by atoms with van der Waals surface area (Å²) in [4.78, 5) is 23.2. The Morgan fingerprint density at radius 3 is 2.65 bits per heavy atom. The highest BCUT2D eigenvalue weighted by Crippen LogP contribution is 2.20. The molecule has 0 saturated heterocycles. The van der Waals surface area contributed by atoms with Gasteiger partial charge in [0.15, 0.2) is 0 Å². The summed E-state index contributed by atoms with van der Waals surface area (Å²) in [7, 11) is 0. The Balaban J connectivity index is 2.09. The number of hydrogen-bond acceptors (Lipinski definition) is 3. The Hall–Kier alpha value is -2.75. The molecule has 0 radical (unpaired) electrons. The third-order valence-corrected chi connectivity index (χ3v) is 3.13. The van der Waals surface area contributed by atoms with Gasteiger partial charge in [0, 0.05) is 36.1 Å². The number of rotatable bonds is 3. The minimum atomic E-state index is -0.0861. The Morgan fingerprint density at radius 1 is 1.05 bits per heavy atom. The van der Waals surface area contributed by atoms with Crippen molar-refractivity contribution in [1.29, 1.82) is 0 Å². The SMILES string of the molecule is O=c1[nH]ccc(-c2cnccn2)c1Cc1ccccc1. The molecule has 0 amide bonds. The maximum absolute atomic E-state index is 12.1. The summed E-state index contributed by atoms with van der Waals surface area (Å²) in [6.45, 7) is 0. The summed E-state index contributed by atoms with van der Waals surface area (Å²) >= 11 is 0. The lowest BCUT2D eigenvalue weighted by Crippen LogP contribution is -2.14. The predicted octanol–water partition coefficient (Wildman–Crippen LogP) is 2.42. The van der Waals surface area contributed by atoms with Crippen LogP contribution in [0.5, 0.6) is 0 Å². The summed E-state index contributed by atoms with van der Waals surface area (Å²) in [5.41, 5.74) is 3.25. The van der Waals surface area contributed by atoms with Crippen molar-refractivity contribution in [3.8, 4) is 11.3 Å². The van der Waals surface area contributed by atoms with Crippen LogP contribution in [0.1, 0.15) is 11.1 Å². The van der Waals surface area contributed by atoms with E-state index in [1.807, 2.05) is 36.4 Å². The van der Waals surface area contributed by atoms with Gasteiger partial charge in [0.05, 0.1) is 11.9 Å². The molecule has 0 fully saturated rings. The van der Waals surface area contributed by atoms with E-state index in [1.165, 1.54) is 0 Å². The standard InChI is InChI=1S/C16H13N3O/c20-16-14(10-12-4-2-1-3-5-12)13(6-7-19-16)15-11-17-8-9-18-15/h1-9,11H,10H2,(H,19,20). The molecule has 0 aliphatic carbocycles. The molecule has 1 N–H and O–H groups in total.